The maximum atomic E-state index is 4.56. The molecule has 1 aliphatic carbocycles. The number of unbranched alkanes of at least 4 members (excludes halogenated alkanes) is 7. The average molecular weight is 1040 g/mol. The highest BCUT2D eigenvalue weighted by Gasteiger charge is 2.22. The Morgan fingerprint density at radius 1 is 0.500 bits per heavy atom. The molecule has 0 bridgehead atoms. The predicted octanol–water partition coefficient (Wildman–Crippen LogP) is 23.7. The fourth-order valence-electron chi connectivity index (χ4n) is 11.3. The Bertz CT molecular complexity index is 1250. The fourth-order valence-corrected chi connectivity index (χ4v) is 11.3. The zero-order valence-electron chi connectivity index (χ0n) is 54.8. The molecule has 0 aromatic heterocycles. The van der Waals surface area contributed by atoms with Crippen molar-refractivity contribution in [3.63, 3.8) is 0 Å². The second-order valence-corrected chi connectivity index (χ2v) is 27.6. The third kappa shape index (κ3) is 45.1. The molecular weight excluding hydrogens is 893 g/mol. The highest BCUT2D eigenvalue weighted by Crippen LogP contribution is 2.34. The summed E-state index contributed by atoms with van der Waals surface area (Å²) in [6.45, 7) is 56.9. The third-order valence-electron chi connectivity index (χ3n) is 18.4. The molecule has 0 aromatic carbocycles. The number of hydrogen-bond acceptors (Lipinski definition) is 2. The predicted molar refractivity (Wildman–Crippen MR) is 343 cm³/mol. The van der Waals surface area contributed by atoms with Crippen molar-refractivity contribution < 1.29 is 0 Å². The van der Waals surface area contributed by atoms with Crippen LogP contribution in [0.15, 0.2) is 36.5 Å². The second-order valence-electron chi connectivity index (χ2n) is 27.6. The van der Waals surface area contributed by atoms with Gasteiger partial charge in [-0.2, -0.15) is 0 Å². The van der Waals surface area contributed by atoms with Crippen LogP contribution in [0.2, 0.25) is 0 Å². The standard InChI is InChI=1S/C39H76N2.C21H42.C12H26/c1-33(2)20-10-14-25-38(26-15-12-22-35(5)21-11-13-24-37(7)34(3)4)32-36(6)23-19-31-41(8)30-17-9-16-29-40-39-27-18-28-39;1-9-10-11-12-18(6)20(8)19(7)15-21(17(4)5)14-13-16(2)3;1-6-11(5)8-9-12(7-2)10(3)4/h33-35,38-40H,6-7,9-32H2,1-5,8H3;16-17,19-21H,6,9-15H2,1-5,7-8H3;10-12H,6-9H2,1-5H3. The maximum absolute atomic E-state index is 4.56. The Hall–Kier alpha value is -0.860. The lowest BCUT2D eigenvalue weighted by Crippen LogP contribution is -2.35. The van der Waals surface area contributed by atoms with Crippen LogP contribution in [0.5, 0.6) is 0 Å². The Kier molecular flexibility index (Phi) is 50.0. The molecule has 0 spiro atoms. The quantitative estimate of drug-likeness (QED) is 0.0483. The molecule has 0 heterocycles. The summed E-state index contributed by atoms with van der Waals surface area (Å²) in [5.41, 5.74) is 4.44. The summed E-state index contributed by atoms with van der Waals surface area (Å²) < 4.78 is 0. The van der Waals surface area contributed by atoms with Crippen molar-refractivity contribution >= 4 is 0 Å². The SMILES string of the molecule is C=C(CCCCC)C(C)C(C)CC(CCC(C)C)C(C)C.C=C(CCCN(C)CCCCCNC1CCC1)CC(CCCCC(C)C)CCCCC(C)CCCCC(=C)C(C)C.CCC(C)CCC(CC)C(C)C. The van der Waals surface area contributed by atoms with Gasteiger partial charge in [-0.1, -0.05) is 270 Å². The summed E-state index contributed by atoms with van der Waals surface area (Å²) in [6, 6.07) is 0.843. The van der Waals surface area contributed by atoms with E-state index in [-0.39, 0.29) is 0 Å². The molecule has 74 heavy (non-hydrogen) atoms. The van der Waals surface area contributed by atoms with Crippen molar-refractivity contribution in [2.75, 3.05) is 26.7 Å². The van der Waals surface area contributed by atoms with Crippen LogP contribution in [0.1, 0.15) is 323 Å². The van der Waals surface area contributed by atoms with Crippen molar-refractivity contribution in [2.24, 2.45) is 71.0 Å². The summed E-state index contributed by atoms with van der Waals surface area (Å²) in [5.74, 6) is 9.97. The summed E-state index contributed by atoms with van der Waals surface area (Å²) >= 11 is 0. The topological polar surface area (TPSA) is 15.3 Å². The van der Waals surface area contributed by atoms with Crippen LogP contribution in [0.4, 0.5) is 0 Å². The monoisotopic (exact) mass is 1040 g/mol. The van der Waals surface area contributed by atoms with Gasteiger partial charge in [0.25, 0.3) is 0 Å². The maximum Gasteiger partial charge on any atom is 0.00670 e. The van der Waals surface area contributed by atoms with E-state index >= 15 is 0 Å². The van der Waals surface area contributed by atoms with E-state index in [0.29, 0.717) is 11.8 Å². The van der Waals surface area contributed by atoms with Gasteiger partial charge in [-0.15, -0.1) is 0 Å². The molecule has 1 fully saturated rings. The molecule has 1 aliphatic rings. The number of nitrogens with one attached hydrogen (secondary N) is 1. The minimum absolute atomic E-state index is 0.645. The van der Waals surface area contributed by atoms with Crippen LogP contribution in [0, 0.1) is 71.0 Å². The molecule has 0 aromatic rings. The number of hydrogen-bond donors (Lipinski definition) is 1. The smallest absolute Gasteiger partial charge is 0.00670 e. The third-order valence-corrected chi connectivity index (χ3v) is 18.4. The molecule has 1 N–H and O–H groups in total. The first-order valence-corrected chi connectivity index (χ1v) is 33.5. The summed E-state index contributed by atoms with van der Waals surface area (Å²) in [7, 11) is 2.32. The Balaban J connectivity index is 0. The molecule has 1 rings (SSSR count). The molecule has 1 saturated carbocycles. The normalized spacial score (nSPS) is 15.9. The van der Waals surface area contributed by atoms with Gasteiger partial charge >= 0.3 is 0 Å². The lowest BCUT2D eigenvalue weighted by molar-refractivity contribution is 0.246. The Labute approximate surface area is 471 Å². The van der Waals surface area contributed by atoms with Crippen LogP contribution in [0.3, 0.4) is 0 Å². The van der Waals surface area contributed by atoms with E-state index in [2.05, 4.69) is 155 Å². The van der Waals surface area contributed by atoms with Crippen molar-refractivity contribution in [1.29, 1.82) is 0 Å². The van der Waals surface area contributed by atoms with Crippen molar-refractivity contribution in [3.8, 4) is 0 Å². The van der Waals surface area contributed by atoms with Gasteiger partial charge < -0.3 is 10.2 Å². The van der Waals surface area contributed by atoms with Gasteiger partial charge in [0.15, 0.2) is 0 Å². The largest absolute Gasteiger partial charge is 0.314 e. The average Bonchev–Trinajstić information content (AvgIpc) is 3.33. The van der Waals surface area contributed by atoms with Crippen molar-refractivity contribution in [1.82, 2.24) is 10.2 Å². The van der Waals surface area contributed by atoms with E-state index in [4.69, 9.17) is 0 Å². The molecule has 7 unspecified atom stereocenters. The van der Waals surface area contributed by atoms with Crippen LogP contribution in [-0.2, 0) is 0 Å². The van der Waals surface area contributed by atoms with Crippen LogP contribution < -0.4 is 5.32 Å². The Morgan fingerprint density at radius 2 is 1.04 bits per heavy atom. The molecule has 0 radical (unpaired) electrons. The molecule has 0 amide bonds. The van der Waals surface area contributed by atoms with E-state index in [1.165, 1.54) is 242 Å². The van der Waals surface area contributed by atoms with E-state index in [1.54, 1.807) is 0 Å². The molecule has 7 atom stereocenters. The first-order chi connectivity index (χ1) is 35.1. The summed E-state index contributed by atoms with van der Waals surface area (Å²) in [6.07, 6.45) is 43.6. The van der Waals surface area contributed by atoms with Gasteiger partial charge in [-0.25, -0.2) is 0 Å². The van der Waals surface area contributed by atoms with E-state index in [9.17, 15) is 0 Å². The fraction of sp³-hybridized carbons (Fsp3) is 0.917. The first-order valence-electron chi connectivity index (χ1n) is 33.5. The minimum atomic E-state index is 0.645. The number of nitrogens with zero attached hydrogens (tertiary/aromatic N) is 1. The van der Waals surface area contributed by atoms with Gasteiger partial charge in [-0.05, 0) is 188 Å². The summed E-state index contributed by atoms with van der Waals surface area (Å²) in [4.78, 5) is 2.55. The zero-order chi connectivity index (χ0) is 56.3. The van der Waals surface area contributed by atoms with Gasteiger partial charge in [0.05, 0.1) is 0 Å². The van der Waals surface area contributed by atoms with Crippen LogP contribution in [0.25, 0.3) is 0 Å². The molecular formula is C72H144N2. The van der Waals surface area contributed by atoms with E-state index in [1.807, 2.05) is 0 Å². The van der Waals surface area contributed by atoms with Gasteiger partial charge in [-0.3, -0.25) is 0 Å². The van der Waals surface area contributed by atoms with Crippen LogP contribution in [-0.4, -0.2) is 37.6 Å². The van der Waals surface area contributed by atoms with E-state index in [0.717, 1.165) is 65.2 Å². The summed E-state index contributed by atoms with van der Waals surface area (Å²) in [5, 5.41) is 3.70. The molecule has 0 aliphatic heterocycles. The second kappa shape index (κ2) is 49.2. The molecule has 2 nitrogen and oxygen atoms in total. The van der Waals surface area contributed by atoms with Crippen molar-refractivity contribution in [2.45, 2.75) is 329 Å². The minimum Gasteiger partial charge on any atom is -0.314 e. The lowest BCUT2D eigenvalue weighted by atomic mass is 9.76. The van der Waals surface area contributed by atoms with E-state index < -0.39 is 0 Å². The highest BCUT2D eigenvalue weighted by molar-refractivity contribution is 5.01. The molecule has 0 saturated heterocycles. The van der Waals surface area contributed by atoms with Gasteiger partial charge in [0.1, 0.15) is 0 Å². The van der Waals surface area contributed by atoms with Gasteiger partial charge in [0, 0.05) is 6.04 Å². The molecule has 442 valence electrons. The Morgan fingerprint density at radius 3 is 1.57 bits per heavy atom. The highest BCUT2D eigenvalue weighted by atomic mass is 15.1. The number of allylic oxidation sites excluding steroid dienone is 3. The first kappa shape index (κ1) is 75.2. The lowest BCUT2D eigenvalue weighted by Gasteiger charge is -2.29. The number of rotatable bonds is 47. The molecule has 2 heteroatoms. The zero-order valence-corrected chi connectivity index (χ0v) is 54.8. The van der Waals surface area contributed by atoms with Crippen LogP contribution >= 0.6 is 0 Å². The van der Waals surface area contributed by atoms with Gasteiger partial charge in [0.2, 0.25) is 0 Å². The van der Waals surface area contributed by atoms with Crippen molar-refractivity contribution in [3.05, 3.63) is 36.5 Å².